The maximum Gasteiger partial charge on any atom is 0.315 e. The molecule has 5 heteroatoms. The van der Waals surface area contributed by atoms with Gasteiger partial charge in [0.2, 0.25) is 5.91 Å². The standard InChI is InChI=1S/C16H23N3O2/c1-10(2)17-16(21)18-14-5-6-19(15(14)20)13-8-11(3)7-12(4)9-13/h7-10,14H,5-6H2,1-4H3,(H2,17,18,21)/t14-/m1/s1. The quantitative estimate of drug-likeness (QED) is 0.895. The molecule has 1 aliphatic rings. The van der Waals surface area contributed by atoms with Gasteiger partial charge in [0.1, 0.15) is 6.04 Å². The Hall–Kier alpha value is -2.04. The number of benzene rings is 1. The predicted octanol–water partition coefficient (Wildman–Crippen LogP) is 2.12. The van der Waals surface area contributed by atoms with Gasteiger partial charge in [0, 0.05) is 18.3 Å². The molecule has 0 radical (unpaired) electrons. The summed E-state index contributed by atoms with van der Waals surface area (Å²) in [6.45, 7) is 8.44. The fourth-order valence-corrected chi connectivity index (χ4v) is 2.64. The van der Waals surface area contributed by atoms with Gasteiger partial charge in [0.15, 0.2) is 0 Å². The van der Waals surface area contributed by atoms with Crippen molar-refractivity contribution in [1.82, 2.24) is 10.6 Å². The Balaban J connectivity index is 2.06. The topological polar surface area (TPSA) is 61.4 Å². The highest BCUT2D eigenvalue weighted by Crippen LogP contribution is 2.24. The SMILES string of the molecule is Cc1cc(C)cc(N2CC[C@@H](NC(=O)NC(C)C)C2=O)c1. The first-order valence-corrected chi connectivity index (χ1v) is 7.33. The summed E-state index contributed by atoms with van der Waals surface area (Å²) < 4.78 is 0. The molecule has 114 valence electrons. The molecule has 0 unspecified atom stereocenters. The number of rotatable bonds is 3. The van der Waals surface area contributed by atoms with E-state index in [2.05, 4.69) is 16.7 Å². The van der Waals surface area contributed by atoms with E-state index in [9.17, 15) is 9.59 Å². The number of nitrogens with zero attached hydrogens (tertiary/aromatic N) is 1. The summed E-state index contributed by atoms with van der Waals surface area (Å²) in [7, 11) is 0. The molecule has 2 rings (SSSR count). The third-order valence-corrected chi connectivity index (χ3v) is 3.45. The predicted molar refractivity (Wildman–Crippen MR) is 83.5 cm³/mol. The zero-order valence-corrected chi connectivity index (χ0v) is 13.1. The van der Waals surface area contributed by atoms with Crippen LogP contribution in [0.4, 0.5) is 10.5 Å². The van der Waals surface area contributed by atoms with Gasteiger partial charge in [0.05, 0.1) is 0 Å². The third-order valence-electron chi connectivity index (χ3n) is 3.45. The molecule has 0 aliphatic carbocycles. The minimum atomic E-state index is -0.440. The summed E-state index contributed by atoms with van der Waals surface area (Å²) in [5, 5.41) is 5.49. The molecule has 0 spiro atoms. The summed E-state index contributed by atoms with van der Waals surface area (Å²) in [6.07, 6.45) is 0.636. The molecule has 5 nitrogen and oxygen atoms in total. The van der Waals surface area contributed by atoms with E-state index in [1.54, 1.807) is 4.90 Å². The van der Waals surface area contributed by atoms with Crippen molar-refractivity contribution >= 4 is 17.6 Å². The van der Waals surface area contributed by atoms with Crippen LogP contribution in [0.2, 0.25) is 0 Å². The first-order valence-electron chi connectivity index (χ1n) is 7.33. The van der Waals surface area contributed by atoms with Gasteiger partial charge >= 0.3 is 6.03 Å². The summed E-state index contributed by atoms with van der Waals surface area (Å²) in [5.41, 5.74) is 3.17. The van der Waals surface area contributed by atoms with Crippen LogP contribution in [0.5, 0.6) is 0 Å². The number of carbonyl (C=O) groups excluding carboxylic acids is 2. The highest BCUT2D eigenvalue weighted by Gasteiger charge is 2.33. The Bertz CT molecular complexity index is 534. The Morgan fingerprint density at radius 3 is 2.43 bits per heavy atom. The van der Waals surface area contributed by atoms with E-state index in [1.807, 2.05) is 39.8 Å². The molecule has 1 saturated heterocycles. The molecule has 1 atom stereocenters. The molecule has 2 N–H and O–H groups in total. The van der Waals surface area contributed by atoms with Gasteiger partial charge in [-0.2, -0.15) is 0 Å². The molecule has 1 aromatic carbocycles. The molecular formula is C16H23N3O2. The lowest BCUT2D eigenvalue weighted by molar-refractivity contribution is -0.118. The largest absolute Gasteiger partial charge is 0.336 e. The molecule has 0 saturated carbocycles. The molecule has 21 heavy (non-hydrogen) atoms. The third kappa shape index (κ3) is 3.74. The summed E-state index contributed by atoms with van der Waals surface area (Å²) in [4.78, 5) is 25.9. The maximum absolute atomic E-state index is 12.4. The maximum atomic E-state index is 12.4. The van der Waals surface area contributed by atoms with Gasteiger partial charge in [-0.1, -0.05) is 6.07 Å². The van der Waals surface area contributed by atoms with E-state index in [0.29, 0.717) is 13.0 Å². The number of hydrogen-bond acceptors (Lipinski definition) is 2. The van der Waals surface area contributed by atoms with Crippen LogP contribution in [-0.2, 0) is 4.79 Å². The van der Waals surface area contributed by atoms with Crippen molar-refractivity contribution in [3.05, 3.63) is 29.3 Å². The lowest BCUT2D eigenvalue weighted by atomic mass is 10.1. The normalized spacial score (nSPS) is 18.2. The van der Waals surface area contributed by atoms with Crippen LogP contribution < -0.4 is 15.5 Å². The summed E-state index contributed by atoms with van der Waals surface area (Å²) in [5.74, 6) is -0.0427. The van der Waals surface area contributed by atoms with Crippen molar-refractivity contribution in [3.8, 4) is 0 Å². The van der Waals surface area contributed by atoms with Crippen molar-refractivity contribution in [2.75, 3.05) is 11.4 Å². The van der Waals surface area contributed by atoms with E-state index < -0.39 is 6.04 Å². The number of aryl methyl sites for hydroxylation is 2. The monoisotopic (exact) mass is 289 g/mol. The van der Waals surface area contributed by atoms with E-state index in [4.69, 9.17) is 0 Å². The highest BCUT2D eigenvalue weighted by atomic mass is 16.2. The number of urea groups is 1. The molecular weight excluding hydrogens is 266 g/mol. The fraction of sp³-hybridized carbons (Fsp3) is 0.500. The van der Waals surface area contributed by atoms with Gasteiger partial charge in [-0.05, 0) is 57.4 Å². The minimum absolute atomic E-state index is 0.0427. The van der Waals surface area contributed by atoms with E-state index in [1.165, 1.54) is 0 Å². The average Bonchev–Trinajstić information content (AvgIpc) is 2.68. The van der Waals surface area contributed by atoms with Crippen LogP contribution in [0.25, 0.3) is 0 Å². The molecule has 1 aromatic rings. The number of amides is 3. The fourth-order valence-electron chi connectivity index (χ4n) is 2.64. The van der Waals surface area contributed by atoms with Gasteiger partial charge in [-0.15, -0.1) is 0 Å². The Morgan fingerprint density at radius 1 is 1.24 bits per heavy atom. The zero-order valence-electron chi connectivity index (χ0n) is 13.1. The number of hydrogen-bond donors (Lipinski definition) is 2. The van der Waals surface area contributed by atoms with Crippen molar-refractivity contribution in [3.63, 3.8) is 0 Å². The second-order valence-electron chi connectivity index (χ2n) is 5.95. The molecule has 3 amide bonds. The Morgan fingerprint density at radius 2 is 1.86 bits per heavy atom. The molecule has 0 bridgehead atoms. The Kier molecular flexibility index (Phi) is 4.50. The number of anilines is 1. The van der Waals surface area contributed by atoms with Crippen LogP contribution in [0.15, 0.2) is 18.2 Å². The lowest BCUT2D eigenvalue weighted by Gasteiger charge is -2.19. The molecule has 0 aromatic heterocycles. The highest BCUT2D eigenvalue weighted by molar-refractivity contribution is 6.01. The van der Waals surface area contributed by atoms with Crippen molar-refractivity contribution < 1.29 is 9.59 Å². The van der Waals surface area contributed by atoms with Gasteiger partial charge in [-0.25, -0.2) is 4.79 Å². The molecule has 1 aliphatic heterocycles. The van der Waals surface area contributed by atoms with Gasteiger partial charge in [-0.3, -0.25) is 4.79 Å². The van der Waals surface area contributed by atoms with Crippen LogP contribution >= 0.6 is 0 Å². The van der Waals surface area contributed by atoms with Crippen molar-refractivity contribution in [1.29, 1.82) is 0 Å². The number of carbonyl (C=O) groups is 2. The van der Waals surface area contributed by atoms with Crippen molar-refractivity contribution in [2.24, 2.45) is 0 Å². The average molecular weight is 289 g/mol. The minimum Gasteiger partial charge on any atom is -0.336 e. The molecule has 1 heterocycles. The second-order valence-corrected chi connectivity index (χ2v) is 5.95. The summed E-state index contributed by atoms with van der Waals surface area (Å²) in [6, 6.07) is 5.41. The second kappa shape index (κ2) is 6.16. The van der Waals surface area contributed by atoms with E-state index >= 15 is 0 Å². The van der Waals surface area contributed by atoms with Crippen LogP contribution in [0.3, 0.4) is 0 Å². The Labute approximate surface area is 125 Å². The smallest absolute Gasteiger partial charge is 0.315 e. The van der Waals surface area contributed by atoms with Gasteiger partial charge in [0.25, 0.3) is 0 Å². The summed E-state index contributed by atoms with van der Waals surface area (Å²) >= 11 is 0. The van der Waals surface area contributed by atoms with Crippen LogP contribution in [-0.4, -0.2) is 30.6 Å². The number of nitrogens with one attached hydrogen (secondary N) is 2. The van der Waals surface area contributed by atoms with E-state index in [-0.39, 0.29) is 18.0 Å². The molecule has 1 fully saturated rings. The first kappa shape index (κ1) is 15.4. The van der Waals surface area contributed by atoms with Crippen LogP contribution in [0, 0.1) is 13.8 Å². The lowest BCUT2D eigenvalue weighted by Crippen LogP contribution is -2.47. The van der Waals surface area contributed by atoms with Gasteiger partial charge < -0.3 is 15.5 Å². The first-order chi connectivity index (χ1) is 9.86. The van der Waals surface area contributed by atoms with Crippen LogP contribution in [0.1, 0.15) is 31.4 Å². The zero-order chi connectivity index (χ0) is 15.6. The van der Waals surface area contributed by atoms with E-state index in [0.717, 1.165) is 16.8 Å². The van der Waals surface area contributed by atoms with Crippen molar-refractivity contribution in [2.45, 2.75) is 46.2 Å².